The molecular formula is C11H20O6S. The van der Waals surface area contributed by atoms with Gasteiger partial charge in [-0.25, -0.2) is 0 Å². The largest absolute Gasteiger partial charge is 0.394 e. The molecule has 0 aromatic heterocycles. The quantitative estimate of drug-likeness (QED) is 0.350. The van der Waals surface area contributed by atoms with E-state index in [0.29, 0.717) is 6.61 Å². The molecule has 5 atom stereocenters. The smallest absolute Gasteiger partial charge is 0.186 e. The minimum Gasteiger partial charge on any atom is -0.394 e. The maximum Gasteiger partial charge on any atom is 0.186 e. The van der Waals surface area contributed by atoms with Crippen molar-refractivity contribution in [3.05, 3.63) is 0 Å². The van der Waals surface area contributed by atoms with Gasteiger partial charge in [0.05, 0.1) is 6.61 Å². The highest BCUT2D eigenvalue weighted by Gasteiger charge is 2.43. The summed E-state index contributed by atoms with van der Waals surface area (Å²) in [6.07, 6.45) is -3.58. The summed E-state index contributed by atoms with van der Waals surface area (Å²) in [5.41, 5.74) is 0. The summed E-state index contributed by atoms with van der Waals surface area (Å²) in [6.45, 7) is -0.0957. The van der Waals surface area contributed by atoms with Crippen molar-refractivity contribution in [1.82, 2.24) is 0 Å². The number of hydrogen-bond donors (Lipinski definition) is 4. The summed E-state index contributed by atoms with van der Waals surface area (Å²) in [5, 5.41) is 39.4. The molecule has 1 aliphatic rings. The molecule has 7 heteroatoms. The zero-order valence-electron chi connectivity index (χ0n) is 10.0. The van der Waals surface area contributed by atoms with E-state index >= 15 is 0 Å². The molecule has 4 N–H and O–H groups in total. The van der Waals surface area contributed by atoms with Gasteiger partial charge in [-0.2, -0.15) is 0 Å². The molecule has 1 saturated heterocycles. The van der Waals surface area contributed by atoms with Crippen LogP contribution in [0.3, 0.4) is 0 Å². The van der Waals surface area contributed by atoms with Gasteiger partial charge in [-0.3, -0.25) is 0 Å². The Labute approximate surface area is 111 Å². The molecule has 1 fully saturated rings. The number of hydrogen-bond acceptors (Lipinski definition) is 7. The van der Waals surface area contributed by atoms with Gasteiger partial charge >= 0.3 is 0 Å². The lowest BCUT2D eigenvalue weighted by atomic mass is 9.99. The molecule has 0 aromatic rings. The summed E-state index contributed by atoms with van der Waals surface area (Å²) >= 11 is 4.69. The lowest BCUT2D eigenvalue weighted by Crippen LogP contribution is -2.59. The second-order valence-corrected chi connectivity index (χ2v) is 4.56. The molecule has 6 nitrogen and oxygen atoms in total. The van der Waals surface area contributed by atoms with Crippen LogP contribution < -0.4 is 0 Å². The SMILES string of the molecule is OC[C@H]1O[C@@H](OCCCCC=S)[C@H](O)[C@@H](O)[C@H]1O. The number of unbranched alkanes of at least 4 members (excludes halogenated alkanes) is 2. The van der Waals surface area contributed by atoms with E-state index in [2.05, 4.69) is 12.2 Å². The minimum atomic E-state index is -1.39. The van der Waals surface area contributed by atoms with Gasteiger partial charge in [-0.05, 0) is 24.6 Å². The fourth-order valence-electron chi connectivity index (χ4n) is 1.73. The van der Waals surface area contributed by atoms with Crippen LogP contribution in [-0.2, 0) is 9.47 Å². The second-order valence-electron chi connectivity index (χ2n) is 4.23. The van der Waals surface area contributed by atoms with Gasteiger partial charge in [-0.1, -0.05) is 12.2 Å². The predicted molar refractivity (Wildman–Crippen MR) is 67.2 cm³/mol. The highest BCUT2D eigenvalue weighted by atomic mass is 32.1. The molecule has 18 heavy (non-hydrogen) atoms. The van der Waals surface area contributed by atoms with Gasteiger partial charge in [0.25, 0.3) is 0 Å². The number of aliphatic hydroxyl groups is 4. The van der Waals surface area contributed by atoms with Crippen molar-refractivity contribution >= 4 is 17.6 Å². The van der Waals surface area contributed by atoms with Crippen molar-refractivity contribution in [1.29, 1.82) is 0 Å². The molecule has 1 aliphatic heterocycles. The monoisotopic (exact) mass is 280 g/mol. The van der Waals surface area contributed by atoms with Crippen LogP contribution in [0.4, 0.5) is 0 Å². The summed E-state index contributed by atoms with van der Waals surface area (Å²) < 4.78 is 10.5. The first kappa shape index (κ1) is 15.9. The average molecular weight is 280 g/mol. The summed E-state index contributed by atoms with van der Waals surface area (Å²) in [4.78, 5) is 0. The van der Waals surface area contributed by atoms with E-state index in [9.17, 15) is 15.3 Å². The molecule has 1 rings (SSSR count). The third kappa shape index (κ3) is 4.20. The van der Waals surface area contributed by atoms with E-state index in [-0.39, 0.29) is 0 Å². The zero-order chi connectivity index (χ0) is 13.5. The van der Waals surface area contributed by atoms with Crippen LogP contribution in [0, 0.1) is 0 Å². The molecule has 0 amide bonds. The standard InChI is InChI=1S/C11H20O6S/c12-6-7-8(13)9(14)10(15)11(17-7)16-4-2-1-3-5-18/h5,7-15H,1-4,6H2/t7-,8+,9+,10-,11-/m1/s1. The van der Waals surface area contributed by atoms with Crippen LogP contribution in [0.2, 0.25) is 0 Å². The second kappa shape index (κ2) is 8.11. The van der Waals surface area contributed by atoms with E-state index in [1.807, 2.05) is 0 Å². The molecule has 0 aromatic carbocycles. The Kier molecular flexibility index (Phi) is 7.16. The Morgan fingerprint density at radius 3 is 2.44 bits per heavy atom. The molecule has 0 saturated carbocycles. The number of rotatable bonds is 7. The van der Waals surface area contributed by atoms with E-state index in [0.717, 1.165) is 19.3 Å². The van der Waals surface area contributed by atoms with Crippen molar-refractivity contribution in [3.63, 3.8) is 0 Å². The number of ether oxygens (including phenoxy) is 2. The normalized spacial score (nSPS) is 36.6. The molecule has 0 radical (unpaired) electrons. The first-order valence-corrected chi connectivity index (χ1v) is 6.44. The number of thiocarbonyl (C=S) groups is 1. The van der Waals surface area contributed by atoms with Crippen LogP contribution in [0.5, 0.6) is 0 Å². The molecule has 106 valence electrons. The van der Waals surface area contributed by atoms with Crippen LogP contribution in [0.15, 0.2) is 0 Å². The fraction of sp³-hybridized carbons (Fsp3) is 0.909. The lowest BCUT2D eigenvalue weighted by Gasteiger charge is -2.39. The fourth-order valence-corrected chi connectivity index (χ4v) is 1.90. The maximum atomic E-state index is 9.66. The lowest BCUT2D eigenvalue weighted by molar-refractivity contribution is -0.301. The van der Waals surface area contributed by atoms with Gasteiger partial charge in [0.2, 0.25) is 0 Å². The van der Waals surface area contributed by atoms with Crippen molar-refractivity contribution in [3.8, 4) is 0 Å². The first-order chi connectivity index (χ1) is 8.61. The number of aliphatic hydroxyl groups excluding tert-OH is 4. The predicted octanol–water partition coefficient (Wildman–Crippen LogP) is -1.03. The van der Waals surface area contributed by atoms with E-state index in [1.165, 1.54) is 0 Å². The van der Waals surface area contributed by atoms with Crippen LogP contribution in [0.25, 0.3) is 0 Å². The van der Waals surface area contributed by atoms with E-state index in [4.69, 9.17) is 14.6 Å². The molecule has 1 heterocycles. The summed E-state index contributed by atoms with van der Waals surface area (Å²) in [5.74, 6) is 0. The van der Waals surface area contributed by atoms with E-state index in [1.54, 1.807) is 5.37 Å². The minimum absolute atomic E-state index is 0.353. The Morgan fingerprint density at radius 1 is 1.11 bits per heavy atom. The molecule has 0 aliphatic carbocycles. The maximum absolute atomic E-state index is 9.66. The van der Waals surface area contributed by atoms with Crippen molar-refractivity contribution in [2.45, 2.75) is 50.0 Å². The summed E-state index contributed by atoms with van der Waals surface area (Å²) in [6, 6.07) is 0. The highest BCUT2D eigenvalue weighted by molar-refractivity contribution is 7.78. The Balaban J connectivity index is 2.37. The van der Waals surface area contributed by atoms with Gasteiger partial charge in [0.15, 0.2) is 6.29 Å². The topological polar surface area (TPSA) is 99.4 Å². The third-order valence-corrected chi connectivity index (χ3v) is 3.08. The molecule has 0 bridgehead atoms. The van der Waals surface area contributed by atoms with Gasteiger partial charge in [0.1, 0.15) is 24.4 Å². The summed E-state index contributed by atoms with van der Waals surface area (Å²) in [7, 11) is 0. The van der Waals surface area contributed by atoms with E-state index < -0.39 is 37.3 Å². The first-order valence-electron chi connectivity index (χ1n) is 5.97. The third-order valence-electron chi connectivity index (χ3n) is 2.85. The van der Waals surface area contributed by atoms with Crippen LogP contribution in [-0.4, -0.2) is 69.7 Å². The van der Waals surface area contributed by atoms with Crippen molar-refractivity contribution in [2.75, 3.05) is 13.2 Å². The van der Waals surface area contributed by atoms with Crippen LogP contribution >= 0.6 is 12.2 Å². The van der Waals surface area contributed by atoms with Gasteiger partial charge in [0, 0.05) is 6.61 Å². The Morgan fingerprint density at radius 2 is 1.83 bits per heavy atom. The van der Waals surface area contributed by atoms with Gasteiger partial charge < -0.3 is 29.9 Å². The van der Waals surface area contributed by atoms with Gasteiger partial charge in [-0.15, -0.1) is 0 Å². The molecular weight excluding hydrogens is 260 g/mol. The Hall–Kier alpha value is -0.150. The molecule has 0 spiro atoms. The zero-order valence-corrected chi connectivity index (χ0v) is 10.8. The van der Waals surface area contributed by atoms with Crippen molar-refractivity contribution in [2.24, 2.45) is 0 Å². The van der Waals surface area contributed by atoms with Crippen molar-refractivity contribution < 1.29 is 29.9 Å². The average Bonchev–Trinajstić information content (AvgIpc) is 2.38. The Bertz CT molecular complexity index is 250. The highest BCUT2D eigenvalue weighted by Crippen LogP contribution is 2.22. The molecule has 0 unspecified atom stereocenters. The van der Waals surface area contributed by atoms with Crippen LogP contribution in [0.1, 0.15) is 19.3 Å².